The van der Waals surface area contributed by atoms with Gasteiger partial charge in [0.25, 0.3) is 5.91 Å². The molecule has 5 nitrogen and oxygen atoms in total. The molecule has 3 aromatic carbocycles. The van der Waals surface area contributed by atoms with Crippen LogP contribution < -0.4 is 14.8 Å². The first-order valence-corrected chi connectivity index (χ1v) is 10.3. The van der Waals surface area contributed by atoms with Gasteiger partial charge in [-0.05, 0) is 70.4 Å². The Morgan fingerprint density at radius 1 is 1.17 bits per heavy atom. The van der Waals surface area contributed by atoms with Gasteiger partial charge in [0.1, 0.15) is 0 Å². The number of hydrogen-bond donors (Lipinski definition) is 1. The number of carbonyl (C=O) groups is 1. The second-order valence-corrected chi connectivity index (χ2v) is 7.69. The monoisotopic (exact) mass is 486 g/mol. The molecule has 0 saturated heterocycles. The number of hydrogen-bond acceptors (Lipinski definition) is 4. The number of para-hydroxylation sites is 1. The number of aliphatic imine (C=N–C) groups is 1. The molecule has 1 N–H and O–H groups in total. The van der Waals surface area contributed by atoms with Crippen molar-refractivity contribution >= 4 is 51.0 Å². The van der Waals surface area contributed by atoms with Gasteiger partial charge in [-0.25, -0.2) is 0 Å². The molecule has 0 aliphatic heterocycles. The average Bonchev–Trinajstić information content (AvgIpc) is 2.74. The fourth-order valence-electron chi connectivity index (χ4n) is 2.62. The van der Waals surface area contributed by atoms with Gasteiger partial charge in [-0.2, -0.15) is 0 Å². The zero-order valence-corrected chi connectivity index (χ0v) is 18.8. The van der Waals surface area contributed by atoms with Crippen LogP contribution in [0.5, 0.6) is 11.5 Å². The highest BCUT2D eigenvalue weighted by atomic mass is 79.9. The number of methoxy groups -OCH3 is 1. The number of nitrogens with zero attached hydrogens (tertiary/aromatic N) is 1. The predicted octanol–water partition coefficient (Wildman–Crippen LogP) is 6.19. The SMILES string of the molecule is COc1cc(C=Nc2ccccc2)cc(Br)c1OCC(=O)Nc1ccc(C)c(Cl)c1. The van der Waals surface area contributed by atoms with E-state index >= 15 is 0 Å². The van der Waals surface area contributed by atoms with Gasteiger partial charge in [0.15, 0.2) is 18.1 Å². The van der Waals surface area contributed by atoms with E-state index in [1.54, 1.807) is 31.5 Å². The van der Waals surface area contributed by atoms with Crippen molar-refractivity contribution in [3.63, 3.8) is 0 Å². The number of amides is 1. The van der Waals surface area contributed by atoms with Gasteiger partial charge in [-0.1, -0.05) is 35.9 Å². The first-order chi connectivity index (χ1) is 14.5. The van der Waals surface area contributed by atoms with Crippen LogP contribution in [0, 0.1) is 6.92 Å². The maximum Gasteiger partial charge on any atom is 0.262 e. The number of anilines is 1. The number of aryl methyl sites for hydroxylation is 1. The average molecular weight is 488 g/mol. The Morgan fingerprint density at radius 2 is 1.93 bits per heavy atom. The van der Waals surface area contributed by atoms with Crippen molar-refractivity contribution in [3.8, 4) is 11.5 Å². The molecule has 0 aliphatic rings. The Labute approximate surface area is 188 Å². The van der Waals surface area contributed by atoms with Crippen molar-refractivity contribution < 1.29 is 14.3 Å². The highest BCUT2D eigenvalue weighted by Gasteiger charge is 2.13. The van der Waals surface area contributed by atoms with E-state index in [9.17, 15) is 4.79 Å². The van der Waals surface area contributed by atoms with Crippen molar-refractivity contribution in [3.05, 3.63) is 81.3 Å². The van der Waals surface area contributed by atoms with Gasteiger partial charge >= 0.3 is 0 Å². The molecule has 0 bridgehead atoms. The molecule has 0 atom stereocenters. The maximum atomic E-state index is 12.3. The first kappa shape index (κ1) is 21.9. The highest BCUT2D eigenvalue weighted by Crippen LogP contribution is 2.36. The maximum absolute atomic E-state index is 12.3. The molecule has 154 valence electrons. The van der Waals surface area contributed by atoms with Gasteiger partial charge in [0, 0.05) is 16.9 Å². The van der Waals surface area contributed by atoms with E-state index in [4.69, 9.17) is 21.1 Å². The fraction of sp³-hybridized carbons (Fsp3) is 0.130. The Bertz CT molecular complexity index is 1070. The van der Waals surface area contributed by atoms with Crippen molar-refractivity contribution in [2.45, 2.75) is 6.92 Å². The van der Waals surface area contributed by atoms with Crippen molar-refractivity contribution in [1.29, 1.82) is 0 Å². The summed E-state index contributed by atoms with van der Waals surface area (Å²) in [5.41, 5.74) is 3.22. The van der Waals surface area contributed by atoms with E-state index in [0.717, 1.165) is 16.8 Å². The second-order valence-electron chi connectivity index (χ2n) is 6.43. The summed E-state index contributed by atoms with van der Waals surface area (Å²) < 4.78 is 11.8. The summed E-state index contributed by atoms with van der Waals surface area (Å²) in [6, 6.07) is 18.6. The Hall–Kier alpha value is -2.83. The zero-order chi connectivity index (χ0) is 21.5. The molecule has 1 amide bonds. The molecule has 30 heavy (non-hydrogen) atoms. The summed E-state index contributed by atoms with van der Waals surface area (Å²) in [7, 11) is 1.54. The lowest BCUT2D eigenvalue weighted by Gasteiger charge is -2.13. The van der Waals surface area contributed by atoms with E-state index in [1.165, 1.54) is 0 Å². The van der Waals surface area contributed by atoms with Gasteiger partial charge in [0.05, 0.1) is 17.3 Å². The summed E-state index contributed by atoms with van der Waals surface area (Å²) in [6.07, 6.45) is 1.74. The molecular weight excluding hydrogens is 468 g/mol. The molecular formula is C23H20BrClN2O3. The molecule has 7 heteroatoms. The van der Waals surface area contributed by atoms with Crippen LogP contribution in [0.15, 0.2) is 70.1 Å². The highest BCUT2D eigenvalue weighted by molar-refractivity contribution is 9.10. The molecule has 0 radical (unpaired) electrons. The lowest BCUT2D eigenvalue weighted by molar-refractivity contribution is -0.118. The van der Waals surface area contributed by atoms with Crippen LogP contribution in [-0.4, -0.2) is 25.8 Å². The number of nitrogens with one attached hydrogen (secondary N) is 1. The summed E-state index contributed by atoms with van der Waals surface area (Å²) in [5.74, 6) is 0.620. The van der Waals surface area contributed by atoms with Gasteiger partial charge < -0.3 is 14.8 Å². The number of carbonyl (C=O) groups excluding carboxylic acids is 1. The normalized spacial score (nSPS) is 10.8. The lowest BCUT2D eigenvalue weighted by atomic mass is 10.2. The van der Waals surface area contributed by atoms with Crippen LogP contribution in [-0.2, 0) is 4.79 Å². The van der Waals surface area contributed by atoms with Gasteiger partial charge in [0.2, 0.25) is 0 Å². The standard InChI is InChI=1S/C23H20BrClN2O3/c1-15-8-9-18(12-20(15)25)27-22(28)14-30-23-19(24)10-16(11-21(23)29-2)13-26-17-6-4-3-5-7-17/h3-13H,14H2,1-2H3,(H,27,28). The predicted molar refractivity (Wildman–Crippen MR) is 125 cm³/mol. The van der Waals surface area contributed by atoms with Crippen molar-refractivity contribution in [2.75, 3.05) is 19.0 Å². The second kappa shape index (κ2) is 10.3. The summed E-state index contributed by atoms with van der Waals surface area (Å²) in [6.45, 7) is 1.72. The van der Waals surface area contributed by atoms with Crippen LogP contribution in [0.4, 0.5) is 11.4 Å². The molecule has 0 aliphatic carbocycles. The summed E-state index contributed by atoms with van der Waals surface area (Å²) >= 11 is 9.58. The molecule has 0 aromatic heterocycles. The van der Waals surface area contributed by atoms with Gasteiger partial charge in [-0.15, -0.1) is 0 Å². The number of halogens is 2. The topological polar surface area (TPSA) is 59.9 Å². The number of rotatable bonds is 7. The van der Waals surface area contributed by atoms with E-state index in [2.05, 4.69) is 26.2 Å². The smallest absolute Gasteiger partial charge is 0.262 e. The van der Waals surface area contributed by atoms with Crippen LogP contribution in [0.1, 0.15) is 11.1 Å². The van der Waals surface area contributed by atoms with E-state index < -0.39 is 0 Å². The first-order valence-electron chi connectivity index (χ1n) is 9.11. The third-order valence-corrected chi connectivity index (χ3v) is 5.17. The minimum Gasteiger partial charge on any atom is -0.493 e. The lowest BCUT2D eigenvalue weighted by Crippen LogP contribution is -2.20. The molecule has 3 aromatic rings. The number of ether oxygens (including phenoxy) is 2. The van der Waals surface area contributed by atoms with Crippen LogP contribution >= 0.6 is 27.5 Å². The third kappa shape index (κ3) is 5.84. The summed E-state index contributed by atoms with van der Waals surface area (Å²) in [4.78, 5) is 16.7. The quantitative estimate of drug-likeness (QED) is 0.404. The molecule has 0 unspecified atom stereocenters. The summed E-state index contributed by atoms with van der Waals surface area (Å²) in [5, 5.41) is 3.35. The molecule has 0 fully saturated rings. The van der Waals surface area contributed by atoms with E-state index in [0.29, 0.717) is 26.7 Å². The molecule has 0 spiro atoms. The number of benzene rings is 3. The minimum atomic E-state index is -0.307. The zero-order valence-electron chi connectivity index (χ0n) is 16.5. The van der Waals surface area contributed by atoms with Gasteiger partial charge in [-0.3, -0.25) is 9.79 Å². The van der Waals surface area contributed by atoms with Crippen LogP contribution in [0.25, 0.3) is 0 Å². The van der Waals surface area contributed by atoms with Crippen LogP contribution in [0.2, 0.25) is 5.02 Å². The fourth-order valence-corrected chi connectivity index (χ4v) is 3.38. The Morgan fingerprint density at radius 3 is 2.63 bits per heavy atom. The third-order valence-electron chi connectivity index (χ3n) is 4.17. The Balaban J connectivity index is 1.68. The van der Waals surface area contributed by atoms with E-state index in [-0.39, 0.29) is 12.5 Å². The van der Waals surface area contributed by atoms with E-state index in [1.807, 2.05) is 49.4 Å². The van der Waals surface area contributed by atoms with Crippen molar-refractivity contribution in [1.82, 2.24) is 0 Å². The Kier molecular flexibility index (Phi) is 7.49. The van der Waals surface area contributed by atoms with Crippen molar-refractivity contribution in [2.24, 2.45) is 4.99 Å². The molecule has 3 rings (SSSR count). The minimum absolute atomic E-state index is 0.183. The van der Waals surface area contributed by atoms with Crippen LogP contribution in [0.3, 0.4) is 0 Å². The molecule has 0 heterocycles. The largest absolute Gasteiger partial charge is 0.493 e. The molecule has 0 saturated carbocycles.